The van der Waals surface area contributed by atoms with Crippen molar-refractivity contribution in [2.75, 3.05) is 17.7 Å². The van der Waals surface area contributed by atoms with Gasteiger partial charge in [-0.1, -0.05) is 46.9 Å². The fourth-order valence-corrected chi connectivity index (χ4v) is 2.31. The second-order valence-electron chi connectivity index (χ2n) is 4.14. The minimum Gasteiger partial charge on any atom is -0.382 e. The highest BCUT2D eigenvalue weighted by Crippen LogP contribution is 2.30. The minimum absolute atomic E-state index is 0.268. The van der Waals surface area contributed by atoms with Gasteiger partial charge in [0.15, 0.2) is 0 Å². The van der Waals surface area contributed by atoms with Gasteiger partial charge >= 0.3 is 0 Å². The molecule has 100 valence electrons. The number of anilines is 2. The molecule has 0 unspecified atom stereocenters. The van der Waals surface area contributed by atoms with E-state index in [9.17, 15) is 0 Å². The molecule has 0 radical (unpaired) electrons. The van der Waals surface area contributed by atoms with Crippen LogP contribution < -0.4 is 10.6 Å². The van der Waals surface area contributed by atoms with Crippen molar-refractivity contribution in [2.24, 2.45) is 0 Å². The molecule has 1 heterocycles. The Morgan fingerprint density at radius 3 is 2.37 bits per heavy atom. The average Bonchev–Trinajstić information content (AvgIpc) is 2.36. The van der Waals surface area contributed by atoms with E-state index in [0.29, 0.717) is 27.4 Å². The molecule has 0 saturated carbocycles. The Labute approximate surface area is 126 Å². The van der Waals surface area contributed by atoms with E-state index in [1.165, 1.54) is 0 Å². The molecule has 0 bridgehead atoms. The van der Waals surface area contributed by atoms with E-state index < -0.39 is 0 Å². The van der Waals surface area contributed by atoms with Crippen LogP contribution in [-0.2, 0) is 6.54 Å². The number of halogens is 3. The smallest absolute Gasteiger partial charge is 0.149 e. The highest BCUT2D eigenvalue weighted by molar-refractivity contribution is 6.37. The highest BCUT2D eigenvalue weighted by atomic mass is 35.5. The summed E-state index contributed by atoms with van der Waals surface area (Å²) in [6.45, 7) is 0.644. The van der Waals surface area contributed by atoms with E-state index in [2.05, 4.69) is 4.98 Å². The Hall–Kier alpha value is -1.16. The Morgan fingerprint density at radius 2 is 1.74 bits per heavy atom. The number of rotatable bonds is 3. The molecule has 0 aliphatic carbocycles. The van der Waals surface area contributed by atoms with E-state index in [0.717, 1.165) is 5.56 Å². The number of pyridine rings is 1. The van der Waals surface area contributed by atoms with Crippen LogP contribution in [0.2, 0.25) is 15.1 Å². The minimum atomic E-state index is 0.268. The first kappa shape index (κ1) is 14.3. The molecule has 1 aromatic heterocycles. The zero-order valence-corrected chi connectivity index (χ0v) is 12.5. The molecule has 3 nitrogen and oxygen atoms in total. The topological polar surface area (TPSA) is 42.2 Å². The lowest BCUT2D eigenvalue weighted by molar-refractivity contribution is 0.900. The van der Waals surface area contributed by atoms with Crippen molar-refractivity contribution < 1.29 is 0 Å². The van der Waals surface area contributed by atoms with Crippen LogP contribution in [0.3, 0.4) is 0 Å². The Bertz CT molecular complexity index is 584. The van der Waals surface area contributed by atoms with E-state index in [4.69, 9.17) is 40.5 Å². The van der Waals surface area contributed by atoms with Crippen molar-refractivity contribution in [3.8, 4) is 0 Å². The second kappa shape index (κ2) is 5.87. The molecule has 0 fully saturated rings. The van der Waals surface area contributed by atoms with Crippen molar-refractivity contribution in [2.45, 2.75) is 6.54 Å². The van der Waals surface area contributed by atoms with Crippen molar-refractivity contribution in [3.05, 3.63) is 51.0 Å². The fourth-order valence-electron chi connectivity index (χ4n) is 1.68. The van der Waals surface area contributed by atoms with Gasteiger partial charge in [-0.3, -0.25) is 0 Å². The zero-order valence-electron chi connectivity index (χ0n) is 10.2. The van der Waals surface area contributed by atoms with Crippen LogP contribution in [-0.4, -0.2) is 12.0 Å². The quantitative estimate of drug-likeness (QED) is 0.920. The number of nitrogens with two attached hydrogens (primary N) is 1. The molecular weight excluding hydrogens is 305 g/mol. The molecule has 1 aromatic carbocycles. The average molecular weight is 317 g/mol. The zero-order chi connectivity index (χ0) is 14.0. The molecule has 0 aliphatic heterocycles. The van der Waals surface area contributed by atoms with Crippen molar-refractivity contribution in [1.82, 2.24) is 4.98 Å². The van der Waals surface area contributed by atoms with E-state index >= 15 is 0 Å². The van der Waals surface area contributed by atoms with Crippen LogP contribution >= 0.6 is 34.8 Å². The van der Waals surface area contributed by atoms with E-state index in [-0.39, 0.29) is 5.82 Å². The van der Waals surface area contributed by atoms with Gasteiger partial charge in [-0.05, 0) is 23.8 Å². The van der Waals surface area contributed by atoms with Crippen LogP contribution in [0.25, 0.3) is 0 Å². The summed E-state index contributed by atoms with van der Waals surface area (Å²) in [5.74, 6) is 0.863. The van der Waals surface area contributed by atoms with Gasteiger partial charge in [0.05, 0.1) is 10.0 Å². The predicted molar refractivity (Wildman–Crippen MR) is 82.2 cm³/mol. The van der Waals surface area contributed by atoms with Crippen molar-refractivity contribution in [3.63, 3.8) is 0 Å². The molecule has 6 heteroatoms. The Morgan fingerprint density at radius 1 is 1.11 bits per heavy atom. The summed E-state index contributed by atoms with van der Waals surface area (Å²) in [6, 6.07) is 9.18. The lowest BCUT2D eigenvalue weighted by Gasteiger charge is -2.20. The van der Waals surface area contributed by atoms with Crippen LogP contribution in [0.15, 0.2) is 30.3 Å². The molecule has 0 saturated heterocycles. The monoisotopic (exact) mass is 315 g/mol. The highest BCUT2D eigenvalue weighted by Gasteiger charge is 2.11. The van der Waals surface area contributed by atoms with E-state index in [1.807, 2.05) is 36.2 Å². The van der Waals surface area contributed by atoms with Crippen molar-refractivity contribution in [1.29, 1.82) is 0 Å². The molecule has 2 N–H and O–H groups in total. The van der Waals surface area contributed by atoms with Crippen molar-refractivity contribution >= 4 is 46.4 Å². The molecule has 2 aromatic rings. The summed E-state index contributed by atoms with van der Waals surface area (Å²) >= 11 is 17.8. The second-order valence-corrected chi connectivity index (χ2v) is 5.39. The maximum Gasteiger partial charge on any atom is 0.149 e. The maximum atomic E-state index is 6.12. The van der Waals surface area contributed by atoms with Gasteiger partial charge in [0.25, 0.3) is 0 Å². The molecule has 0 amide bonds. The van der Waals surface area contributed by atoms with Gasteiger partial charge in [-0.25, -0.2) is 4.98 Å². The first-order chi connectivity index (χ1) is 8.97. The van der Waals surface area contributed by atoms with E-state index in [1.54, 1.807) is 6.07 Å². The van der Waals surface area contributed by atoms with Crippen LogP contribution in [0.1, 0.15) is 5.56 Å². The largest absolute Gasteiger partial charge is 0.382 e. The number of nitrogens with zero attached hydrogens (tertiary/aromatic N) is 2. The lowest BCUT2D eigenvalue weighted by Crippen LogP contribution is -2.18. The maximum absolute atomic E-state index is 6.12. The van der Waals surface area contributed by atoms with Gasteiger partial charge in [-0.2, -0.15) is 0 Å². The molecule has 0 aliphatic rings. The summed E-state index contributed by atoms with van der Waals surface area (Å²) in [6.07, 6.45) is 0. The third kappa shape index (κ3) is 3.44. The standard InChI is InChI=1S/C13H12Cl3N3/c1-19(7-8-2-4-9(14)5-3-8)13-11(16)6-10(15)12(17)18-13/h2-6H,7H2,1H3,(H2,17,18). The predicted octanol–water partition coefficient (Wildman–Crippen LogP) is 4.26. The van der Waals surface area contributed by atoms with Crippen LogP contribution in [0, 0.1) is 0 Å². The summed E-state index contributed by atoms with van der Waals surface area (Å²) in [4.78, 5) is 6.10. The van der Waals surface area contributed by atoms with Gasteiger partial charge < -0.3 is 10.6 Å². The molecule has 0 spiro atoms. The number of nitrogen functional groups attached to an aromatic ring is 1. The summed E-state index contributed by atoms with van der Waals surface area (Å²) in [7, 11) is 1.89. The van der Waals surface area contributed by atoms with Gasteiger partial charge in [0.2, 0.25) is 0 Å². The van der Waals surface area contributed by atoms with Gasteiger partial charge in [0.1, 0.15) is 11.6 Å². The summed E-state index contributed by atoms with van der Waals surface area (Å²) in [5.41, 5.74) is 6.79. The van der Waals surface area contributed by atoms with Crippen LogP contribution in [0.5, 0.6) is 0 Å². The Kier molecular flexibility index (Phi) is 4.40. The number of benzene rings is 1. The van der Waals surface area contributed by atoms with Crippen LogP contribution in [0.4, 0.5) is 11.6 Å². The number of aromatic nitrogens is 1. The molecular formula is C13H12Cl3N3. The number of hydrogen-bond acceptors (Lipinski definition) is 3. The van der Waals surface area contributed by atoms with Gasteiger partial charge in [-0.15, -0.1) is 0 Å². The normalized spacial score (nSPS) is 10.5. The fraction of sp³-hybridized carbons (Fsp3) is 0.154. The molecule has 0 atom stereocenters. The molecule has 19 heavy (non-hydrogen) atoms. The lowest BCUT2D eigenvalue weighted by atomic mass is 10.2. The third-order valence-corrected chi connectivity index (χ3v) is 3.47. The van der Waals surface area contributed by atoms with Gasteiger partial charge in [0, 0.05) is 18.6 Å². The molecule has 2 rings (SSSR count). The summed E-state index contributed by atoms with van der Waals surface area (Å²) < 4.78 is 0. The number of hydrogen-bond donors (Lipinski definition) is 1. The third-order valence-electron chi connectivity index (χ3n) is 2.63. The summed E-state index contributed by atoms with van der Waals surface area (Å²) in [5, 5.41) is 1.53. The first-order valence-corrected chi connectivity index (χ1v) is 6.68. The SMILES string of the molecule is CN(Cc1ccc(Cl)cc1)c1nc(N)c(Cl)cc1Cl. The Balaban J connectivity index is 2.22. The first-order valence-electron chi connectivity index (χ1n) is 5.54.